The van der Waals surface area contributed by atoms with Crippen LogP contribution in [0.15, 0.2) is 35.4 Å². The van der Waals surface area contributed by atoms with Crippen molar-refractivity contribution in [3.05, 3.63) is 58.4 Å². The minimum absolute atomic E-state index is 0.251. The van der Waals surface area contributed by atoms with Crippen LogP contribution in [0.25, 0.3) is 0 Å². The molecule has 1 heterocycles. The number of anilines is 2. The highest BCUT2D eigenvalue weighted by Crippen LogP contribution is 2.34. The highest BCUT2D eigenvalue weighted by atomic mass is 19.1. The molecule has 1 unspecified atom stereocenters. The Kier molecular flexibility index (Phi) is 4.34. The van der Waals surface area contributed by atoms with Gasteiger partial charge in [0.05, 0.1) is 5.71 Å². The van der Waals surface area contributed by atoms with Gasteiger partial charge in [-0.15, -0.1) is 0 Å². The Labute approximate surface area is 140 Å². The summed E-state index contributed by atoms with van der Waals surface area (Å²) in [5.74, 6) is -0.251. The first-order valence-electron chi connectivity index (χ1n) is 7.99. The normalized spacial score (nSPS) is 16.0. The highest BCUT2D eigenvalue weighted by Gasteiger charge is 2.25. The Morgan fingerprint density at radius 2 is 2.00 bits per heavy atom. The van der Waals surface area contributed by atoms with Crippen LogP contribution in [0, 0.1) is 19.7 Å². The number of carbonyl (C=O) groups is 1. The van der Waals surface area contributed by atoms with E-state index >= 15 is 0 Å². The van der Waals surface area contributed by atoms with E-state index in [2.05, 4.69) is 15.8 Å². The van der Waals surface area contributed by atoms with Crippen molar-refractivity contribution >= 4 is 23.4 Å². The lowest BCUT2D eigenvalue weighted by Crippen LogP contribution is -2.27. The van der Waals surface area contributed by atoms with E-state index in [0.29, 0.717) is 0 Å². The molecular formula is C19H20FN3O. The summed E-state index contributed by atoms with van der Waals surface area (Å²) >= 11 is 0. The van der Waals surface area contributed by atoms with E-state index in [0.717, 1.165) is 52.0 Å². The van der Waals surface area contributed by atoms with Crippen molar-refractivity contribution in [2.45, 2.75) is 33.2 Å². The Morgan fingerprint density at radius 3 is 2.62 bits per heavy atom. The van der Waals surface area contributed by atoms with Crippen LogP contribution >= 0.6 is 0 Å². The van der Waals surface area contributed by atoms with Crippen LogP contribution in [0.1, 0.15) is 41.6 Å². The fourth-order valence-corrected chi connectivity index (χ4v) is 3.14. The highest BCUT2D eigenvalue weighted by molar-refractivity contribution is 6.04. The number of hydrogen-bond donors (Lipinski definition) is 2. The largest absolute Gasteiger partial charge is 0.355 e. The second-order valence-corrected chi connectivity index (χ2v) is 5.96. The van der Waals surface area contributed by atoms with Crippen LogP contribution in [0.5, 0.6) is 0 Å². The summed E-state index contributed by atoms with van der Waals surface area (Å²) in [6.07, 6.45) is 1.62. The van der Waals surface area contributed by atoms with E-state index in [-0.39, 0.29) is 5.82 Å². The van der Waals surface area contributed by atoms with E-state index < -0.39 is 6.04 Å². The average Bonchev–Trinajstić information content (AvgIpc) is 2.57. The standard InChI is InChI=1S/C19H20FN3O/c1-4-15-14-6-5-7-16(18(14)17(10-24)23-22-15)21-19-11(2)8-13(20)9-12(19)3/h5-10,17,21,23H,4H2,1-3H3. The van der Waals surface area contributed by atoms with Gasteiger partial charge in [0.15, 0.2) is 0 Å². The lowest BCUT2D eigenvalue weighted by molar-refractivity contribution is -0.109. The van der Waals surface area contributed by atoms with Gasteiger partial charge in [-0.1, -0.05) is 19.1 Å². The number of fused-ring (bicyclic) bond motifs is 1. The molecule has 0 radical (unpaired) electrons. The molecule has 124 valence electrons. The zero-order valence-corrected chi connectivity index (χ0v) is 14.0. The maximum absolute atomic E-state index is 13.5. The van der Waals surface area contributed by atoms with Crippen LogP contribution in [0.2, 0.25) is 0 Å². The molecular weight excluding hydrogens is 305 g/mol. The van der Waals surface area contributed by atoms with E-state index in [1.54, 1.807) is 0 Å². The van der Waals surface area contributed by atoms with Gasteiger partial charge in [-0.05, 0) is 49.6 Å². The van der Waals surface area contributed by atoms with Crippen molar-refractivity contribution < 1.29 is 9.18 Å². The number of carbonyl (C=O) groups excluding carboxylic acids is 1. The van der Waals surface area contributed by atoms with Crippen molar-refractivity contribution in [3.63, 3.8) is 0 Å². The second kappa shape index (κ2) is 6.43. The Bertz CT molecular complexity index is 806. The van der Waals surface area contributed by atoms with E-state index in [1.807, 2.05) is 39.0 Å². The molecule has 24 heavy (non-hydrogen) atoms. The Morgan fingerprint density at radius 1 is 1.29 bits per heavy atom. The first kappa shape index (κ1) is 16.2. The summed E-state index contributed by atoms with van der Waals surface area (Å²) in [6.45, 7) is 5.75. The molecule has 0 spiro atoms. The minimum atomic E-state index is -0.500. The third-order valence-electron chi connectivity index (χ3n) is 4.29. The minimum Gasteiger partial charge on any atom is -0.355 e. The average molecular weight is 325 g/mol. The van der Waals surface area contributed by atoms with Crippen molar-refractivity contribution in [2.24, 2.45) is 5.10 Å². The van der Waals surface area contributed by atoms with E-state index in [9.17, 15) is 9.18 Å². The molecule has 0 aromatic heterocycles. The molecule has 0 fully saturated rings. The summed E-state index contributed by atoms with van der Waals surface area (Å²) in [4.78, 5) is 11.5. The van der Waals surface area contributed by atoms with Gasteiger partial charge in [-0.3, -0.25) is 5.43 Å². The summed E-state index contributed by atoms with van der Waals surface area (Å²) in [5.41, 5.74) is 9.00. The fourth-order valence-electron chi connectivity index (χ4n) is 3.14. The fraction of sp³-hybridized carbons (Fsp3) is 0.263. The van der Waals surface area contributed by atoms with Gasteiger partial charge in [0.25, 0.3) is 0 Å². The molecule has 4 nitrogen and oxygen atoms in total. The van der Waals surface area contributed by atoms with Gasteiger partial charge in [0.1, 0.15) is 18.1 Å². The summed E-state index contributed by atoms with van der Waals surface area (Å²) in [6, 6.07) is 8.34. The van der Waals surface area contributed by atoms with Crippen molar-refractivity contribution in [2.75, 3.05) is 5.32 Å². The van der Waals surface area contributed by atoms with Gasteiger partial charge in [0.2, 0.25) is 0 Å². The Hall–Kier alpha value is -2.69. The van der Waals surface area contributed by atoms with Crippen LogP contribution in [0.4, 0.5) is 15.8 Å². The van der Waals surface area contributed by atoms with Gasteiger partial charge < -0.3 is 10.1 Å². The molecule has 0 saturated carbocycles. The summed E-state index contributed by atoms with van der Waals surface area (Å²) < 4.78 is 13.5. The number of aldehydes is 1. The predicted octanol–water partition coefficient (Wildman–Crippen LogP) is 4.14. The first-order chi connectivity index (χ1) is 11.5. The number of hydrogen-bond acceptors (Lipinski definition) is 4. The number of aryl methyl sites for hydroxylation is 2. The van der Waals surface area contributed by atoms with Crippen LogP contribution in [-0.4, -0.2) is 12.0 Å². The molecule has 2 N–H and O–H groups in total. The number of halogens is 1. The zero-order chi connectivity index (χ0) is 17.3. The van der Waals surface area contributed by atoms with E-state index in [4.69, 9.17) is 0 Å². The van der Waals surface area contributed by atoms with Crippen molar-refractivity contribution in [3.8, 4) is 0 Å². The number of rotatable bonds is 4. The molecule has 0 amide bonds. The van der Waals surface area contributed by atoms with Crippen molar-refractivity contribution in [1.82, 2.24) is 5.43 Å². The molecule has 5 heteroatoms. The molecule has 2 aromatic rings. The van der Waals surface area contributed by atoms with Crippen LogP contribution in [-0.2, 0) is 4.79 Å². The number of hydrazone groups is 1. The van der Waals surface area contributed by atoms with Gasteiger partial charge in [-0.25, -0.2) is 4.39 Å². The summed E-state index contributed by atoms with van der Waals surface area (Å²) in [5, 5.41) is 7.68. The first-order valence-corrected chi connectivity index (χ1v) is 7.99. The molecule has 0 bridgehead atoms. The molecule has 0 aliphatic carbocycles. The predicted molar refractivity (Wildman–Crippen MR) is 94.4 cm³/mol. The molecule has 1 aliphatic rings. The second-order valence-electron chi connectivity index (χ2n) is 5.96. The number of nitrogens with zero attached hydrogens (tertiary/aromatic N) is 1. The zero-order valence-electron chi connectivity index (χ0n) is 14.0. The quantitative estimate of drug-likeness (QED) is 0.831. The molecule has 1 atom stereocenters. The number of nitrogens with one attached hydrogen (secondary N) is 2. The SMILES string of the molecule is CCC1=NNC(C=O)c2c(Nc3c(C)cc(F)cc3C)cccc21. The maximum atomic E-state index is 13.5. The van der Waals surface area contributed by atoms with Crippen LogP contribution in [0.3, 0.4) is 0 Å². The monoisotopic (exact) mass is 325 g/mol. The van der Waals surface area contributed by atoms with Crippen LogP contribution < -0.4 is 10.7 Å². The molecule has 0 saturated heterocycles. The number of benzene rings is 2. The maximum Gasteiger partial charge on any atom is 0.148 e. The van der Waals surface area contributed by atoms with Gasteiger partial charge >= 0.3 is 0 Å². The van der Waals surface area contributed by atoms with E-state index in [1.165, 1.54) is 12.1 Å². The molecule has 3 rings (SSSR count). The van der Waals surface area contributed by atoms with Crippen molar-refractivity contribution in [1.29, 1.82) is 0 Å². The lowest BCUT2D eigenvalue weighted by atomic mass is 9.93. The third kappa shape index (κ3) is 2.77. The molecule has 1 aliphatic heterocycles. The topological polar surface area (TPSA) is 53.5 Å². The Balaban J connectivity index is 2.11. The smallest absolute Gasteiger partial charge is 0.148 e. The van der Waals surface area contributed by atoms with Gasteiger partial charge in [0, 0.05) is 22.5 Å². The summed E-state index contributed by atoms with van der Waals surface area (Å²) in [7, 11) is 0. The van der Waals surface area contributed by atoms with Gasteiger partial charge in [-0.2, -0.15) is 5.10 Å². The molecule has 2 aromatic carbocycles. The lowest BCUT2D eigenvalue weighted by Gasteiger charge is -2.26. The third-order valence-corrected chi connectivity index (χ3v) is 4.29.